The molecule has 1 N–H and O–H groups in total. The van der Waals surface area contributed by atoms with Crippen molar-refractivity contribution in [3.63, 3.8) is 0 Å². The van der Waals surface area contributed by atoms with Gasteiger partial charge in [-0.25, -0.2) is 4.39 Å². The summed E-state index contributed by atoms with van der Waals surface area (Å²) >= 11 is 0. The molecule has 0 heterocycles. The van der Waals surface area contributed by atoms with E-state index in [1.807, 2.05) is 0 Å². The Kier molecular flexibility index (Phi) is 4.78. The predicted octanol–water partition coefficient (Wildman–Crippen LogP) is 3.44. The van der Waals surface area contributed by atoms with Gasteiger partial charge in [0.05, 0.1) is 19.8 Å². The summed E-state index contributed by atoms with van der Waals surface area (Å²) in [7, 11) is 2.87. The molecule has 0 spiro atoms. The molecule has 0 radical (unpaired) electrons. The van der Waals surface area contributed by atoms with Crippen LogP contribution in [-0.4, -0.2) is 25.1 Å². The zero-order valence-corrected chi connectivity index (χ0v) is 12.2. The average molecular weight is 302 g/mol. The zero-order chi connectivity index (χ0) is 16.1. The van der Waals surface area contributed by atoms with Gasteiger partial charge in [-0.1, -0.05) is 12.1 Å². The number of phenolic OH excluding ortho intramolecular Hbond substituents is 1. The second-order valence-electron chi connectivity index (χ2n) is 4.47. The first-order chi connectivity index (χ1) is 10.5. The van der Waals surface area contributed by atoms with Gasteiger partial charge in [0.1, 0.15) is 11.6 Å². The molecule has 0 aliphatic carbocycles. The van der Waals surface area contributed by atoms with Gasteiger partial charge in [-0.3, -0.25) is 4.79 Å². The maximum absolute atomic E-state index is 13.8. The predicted molar refractivity (Wildman–Crippen MR) is 81.0 cm³/mol. The smallest absolute Gasteiger partial charge is 0.188 e. The minimum absolute atomic E-state index is 0.0345. The van der Waals surface area contributed by atoms with Crippen LogP contribution in [-0.2, 0) is 0 Å². The number of rotatable bonds is 5. The molecule has 4 nitrogen and oxygen atoms in total. The van der Waals surface area contributed by atoms with Crippen molar-refractivity contribution in [3.05, 3.63) is 59.4 Å². The SMILES string of the molecule is COc1ccc(C(=O)C=Cc2ccc(OC)c(O)c2)c(F)c1. The monoisotopic (exact) mass is 302 g/mol. The van der Waals surface area contributed by atoms with Crippen molar-refractivity contribution in [2.75, 3.05) is 14.2 Å². The van der Waals surface area contributed by atoms with Crippen LogP contribution in [0.4, 0.5) is 4.39 Å². The standard InChI is InChI=1S/C17H15FO4/c1-21-12-5-6-13(14(18)10-12)15(19)7-3-11-4-8-17(22-2)16(20)9-11/h3-10,20H,1-2H3. The van der Waals surface area contributed by atoms with Crippen LogP contribution in [0.2, 0.25) is 0 Å². The van der Waals surface area contributed by atoms with E-state index in [9.17, 15) is 14.3 Å². The lowest BCUT2D eigenvalue weighted by molar-refractivity contribution is 0.104. The Bertz CT molecular complexity index is 723. The zero-order valence-electron chi connectivity index (χ0n) is 12.2. The number of phenols is 1. The third-order valence-corrected chi connectivity index (χ3v) is 3.07. The Balaban J connectivity index is 2.19. The van der Waals surface area contributed by atoms with Crippen molar-refractivity contribution in [3.8, 4) is 17.2 Å². The van der Waals surface area contributed by atoms with Crippen LogP contribution in [0.3, 0.4) is 0 Å². The van der Waals surface area contributed by atoms with Crippen molar-refractivity contribution in [1.29, 1.82) is 0 Å². The molecule has 0 saturated heterocycles. The first kappa shape index (κ1) is 15.6. The number of hydrogen-bond donors (Lipinski definition) is 1. The highest BCUT2D eigenvalue weighted by Crippen LogP contribution is 2.26. The molecule has 0 atom stereocenters. The van der Waals surface area contributed by atoms with Crippen LogP contribution in [0.15, 0.2) is 42.5 Å². The molecule has 2 aromatic carbocycles. The fourth-order valence-electron chi connectivity index (χ4n) is 1.90. The summed E-state index contributed by atoms with van der Waals surface area (Å²) in [6.07, 6.45) is 2.73. The summed E-state index contributed by atoms with van der Waals surface area (Å²) < 4.78 is 23.6. The Hall–Kier alpha value is -2.82. The molecule has 0 aromatic heterocycles. The lowest BCUT2D eigenvalue weighted by Gasteiger charge is -2.04. The third kappa shape index (κ3) is 3.44. The Morgan fingerprint density at radius 3 is 2.50 bits per heavy atom. The van der Waals surface area contributed by atoms with Crippen LogP contribution >= 0.6 is 0 Å². The Morgan fingerprint density at radius 2 is 1.91 bits per heavy atom. The maximum Gasteiger partial charge on any atom is 0.188 e. The van der Waals surface area contributed by atoms with Gasteiger partial charge < -0.3 is 14.6 Å². The van der Waals surface area contributed by atoms with Crippen molar-refractivity contribution in [1.82, 2.24) is 0 Å². The lowest BCUT2D eigenvalue weighted by atomic mass is 10.1. The fraction of sp³-hybridized carbons (Fsp3) is 0.118. The van der Waals surface area contributed by atoms with Gasteiger partial charge in [0, 0.05) is 6.07 Å². The van der Waals surface area contributed by atoms with Gasteiger partial charge in [0.25, 0.3) is 0 Å². The lowest BCUT2D eigenvalue weighted by Crippen LogP contribution is -1.99. The first-order valence-electron chi connectivity index (χ1n) is 6.48. The third-order valence-electron chi connectivity index (χ3n) is 3.07. The summed E-state index contributed by atoms with van der Waals surface area (Å²) in [6.45, 7) is 0. The van der Waals surface area contributed by atoms with E-state index in [4.69, 9.17) is 9.47 Å². The maximum atomic E-state index is 13.8. The van der Waals surface area contributed by atoms with Crippen molar-refractivity contribution in [2.45, 2.75) is 0 Å². The second kappa shape index (κ2) is 6.76. The highest BCUT2D eigenvalue weighted by Gasteiger charge is 2.10. The molecular weight excluding hydrogens is 287 g/mol. The Morgan fingerprint density at radius 1 is 1.14 bits per heavy atom. The molecule has 0 saturated carbocycles. The number of hydrogen-bond acceptors (Lipinski definition) is 4. The topological polar surface area (TPSA) is 55.8 Å². The molecule has 2 aromatic rings. The molecule has 0 aliphatic heterocycles. The molecule has 0 unspecified atom stereocenters. The van der Waals surface area contributed by atoms with E-state index in [2.05, 4.69) is 0 Å². The normalized spacial score (nSPS) is 10.7. The van der Waals surface area contributed by atoms with Crippen LogP contribution in [0.1, 0.15) is 15.9 Å². The van der Waals surface area contributed by atoms with Gasteiger partial charge in [0.15, 0.2) is 17.3 Å². The second-order valence-corrected chi connectivity index (χ2v) is 4.47. The van der Waals surface area contributed by atoms with E-state index in [0.29, 0.717) is 17.1 Å². The minimum Gasteiger partial charge on any atom is -0.504 e. The van der Waals surface area contributed by atoms with Crippen LogP contribution in [0.25, 0.3) is 6.08 Å². The fourth-order valence-corrected chi connectivity index (χ4v) is 1.90. The van der Waals surface area contributed by atoms with Crippen molar-refractivity contribution >= 4 is 11.9 Å². The van der Waals surface area contributed by atoms with Gasteiger partial charge in [-0.15, -0.1) is 0 Å². The van der Waals surface area contributed by atoms with Gasteiger partial charge in [0.2, 0.25) is 0 Å². The first-order valence-corrected chi connectivity index (χ1v) is 6.48. The highest BCUT2D eigenvalue weighted by atomic mass is 19.1. The molecule has 0 fully saturated rings. The minimum atomic E-state index is -0.647. The van der Waals surface area contributed by atoms with Gasteiger partial charge >= 0.3 is 0 Å². The molecule has 0 amide bonds. The highest BCUT2D eigenvalue weighted by molar-refractivity contribution is 6.07. The largest absolute Gasteiger partial charge is 0.504 e. The van der Waals surface area contributed by atoms with E-state index in [1.165, 1.54) is 44.6 Å². The number of benzene rings is 2. The van der Waals surface area contributed by atoms with E-state index < -0.39 is 11.6 Å². The number of carbonyl (C=O) groups excluding carboxylic acids is 1. The van der Waals surface area contributed by atoms with Gasteiger partial charge in [-0.05, 0) is 35.9 Å². The number of allylic oxidation sites excluding steroid dienone is 1. The number of ether oxygens (including phenoxy) is 2. The van der Waals surface area contributed by atoms with Crippen LogP contribution < -0.4 is 9.47 Å². The molecule has 0 aliphatic rings. The summed E-state index contributed by atoms with van der Waals surface area (Å²) in [5.74, 6) is -0.474. The van der Waals surface area contributed by atoms with Crippen molar-refractivity contribution < 1.29 is 23.8 Å². The van der Waals surface area contributed by atoms with E-state index in [0.717, 1.165) is 6.07 Å². The number of carbonyl (C=O) groups is 1. The molecular formula is C17H15FO4. The summed E-state index contributed by atoms with van der Waals surface area (Å²) in [5.41, 5.74) is 0.551. The molecule has 114 valence electrons. The molecule has 2 rings (SSSR count). The number of methoxy groups -OCH3 is 2. The van der Waals surface area contributed by atoms with E-state index in [1.54, 1.807) is 12.1 Å². The van der Waals surface area contributed by atoms with E-state index >= 15 is 0 Å². The number of aromatic hydroxyl groups is 1. The quantitative estimate of drug-likeness (QED) is 0.679. The summed E-state index contributed by atoms with van der Waals surface area (Å²) in [5, 5.41) is 9.66. The molecule has 5 heteroatoms. The van der Waals surface area contributed by atoms with Gasteiger partial charge in [-0.2, -0.15) is 0 Å². The Labute approximate surface area is 127 Å². The van der Waals surface area contributed by atoms with Crippen LogP contribution in [0.5, 0.6) is 17.2 Å². The average Bonchev–Trinajstić information content (AvgIpc) is 2.52. The van der Waals surface area contributed by atoms with Crippen LogP contribution in [0, 0.1) is 5.82 Å². The summed E-state index contributed by atoms with van der Waals surface area (Å²) in [6, 6.07) is 8.74. The molecule has 0 bridgehead atoms. The number of ketones is 1. The van der Waals surface area contributed by atoms with E-state index in [-0.39, 0.29) is 11.3 Å². The molecule has 22 heavy (non-hydrogen) atoms. The van der Waals surface area contributed by atoms with Crippen molar-refractivity contribution in [2.24, 2.45) is 0 Å². The summed E-state index contributed by atoms with van der Waals surface area (Å²) in [4.78, 5) is 12.0. The number of halogens is 1.